The molecule has 1 aliphatic rings. The minimum atomic E-state index is -0.0871. The molecule has 3 N–H and O–H groups in total. The van der Waals surface area contributed by atoms with E-state index in [1.807, 2.05) is 18.2 Å². The van der Waals surface area contributed by atoms with Gasteiger partial charge in [0.1, 0.15) is 0 Å². The monoisotopic (exact) mass is 261 g/mol. The number of hydrogen-bond donors (Lipinski definition) is 2. The van der Waals surface area contributed by atoms with E-state index in [9.17, 15) is 4.79 Å². The number of nitrogens with one attached hydrogen (secondary N) is 1. The fourth-order valence-electron chi connectivity index (χ4n) is 2.74. The van der Waals surface area contributed by atoms with E-state index in [0.717, 1.165) is 25.1 Å². The summed E-state index contributed by atoms with van der Waals surface area (Å²) in [7, 11) is 0. The van der Waals surface area contributed by atoms with Crippen LogP contribution in [0.15, 0.2) is 24.3 Å². The summed E-state index contributed by atoms with van der Waals surface area (Å²) in [5.41, 5.74) is 7.84. The van der Waals surface area contributed by atoms with Gasteiger partial charge in [0.25, 0.3) is 0 Å². The quantitative estimate of drug-likeness (QED) is 0.865. The van der Waals surface area contributed by atoms with Crippen molar-refractivity contribution in [2.75, 3.05) is 18.4 Å². The third-order valence-corrected chi connectivity index (χ3v) is 3.72. The van der Waals surface area contributed by atoms with Gasteiger partial charge in [0.15, 0.2) is 0 Å². The minimum Gasteiger partial charge on any atom is -0.329 e. The number of nitrogens with zero attached hydrogens (tertiary/aromatic N) is 1. The smallest absolute Gasteiger partial charge is 0.241 e. The molecule has 0 aromatic heterocycles. The first kappa shape index (κ1) is 14.0. The molecule has 1 amide bonds. The molecular weight excluding hydrogens is 238 g/mol. The van der Waals surface area contributed by atoms with E-state index in [1.165, 1.54) is 5.56 Å². The molecule has 4 heteroatoms. The van der Waals surface area contributed by atoms with Gasteiger partial charge in [-0.2, -0.15) is 0 Å². The summed E-state index contributed by atoms with van der Waals surface area (Å²) in [6.45, 7) is 5.56. The molecule has 0 aliphatic carbocycles. The van der Waals surface area contributed by atoms with Crippen molar-refractivity contribution in [1.82, 2.24) is 4.90 Å². The molecule has 0 saturated heterocycles. The van der Waals surface area contributed by atoms with E-state index in [2.05, 4.69) is 30.1 Å². The normalized spacial score (nSPS) is 19.2. The third kappa shape index (κ3) is 3.14. The zero-order valence-electron chi connectivity index (χ0n) is 11.7. The van der Waals surface area contributed by atoms with Crippen molar-refractivity contribution in [3.8, 4) is 0 Å². The van der Waals surface area contributed by atoms with Crippen LogP contribution in [0.25, 0.3) is 0 Å². The first-order chi connectivity index (χ1) is 9.13. The summed E-state index contributed by atoms with van der Waals surface area (Å²) >= 11 is 0. The van der Waals surface area contributed by atoms with Crippen molar-refractivity contribution in [3.63, 3.8) is 0 Å². The number of rotatable bonds is 4. The van der Waals surface area contributed by atoms with Crippen LogP contribution in [0.3, 0.4) is 0 Å². The maximum atomic E-state index is 12.4. The zero-order valence-corrected chi connectivity index (χ0v) is 11.7. The van der Waals surface area contributed by atoms with Gasteiger partial charge in [-0.05, 0) is 38.3 Å². The van der Waals surface area contributed by atoms with Gasteiger partial charge in [0, 0.05) is 24.8 Å². The molecule has 4 nitrogen and oxygen atoms in total. The Morgan fingerprint density at radius 3 is 2.84 bits per heavy atom. The Morgan fingerprint density at radius 1 is 1.42 bits per heavy atom. The van der Waals surface area contributed by atoms with Gasteiger partial charge in [0.05, 0.1) is 6.04 Å². The number of nitrogens with two attached hydrogens (primary N) is 1. The lowest BCUT2D eigenvalue weighted by atomic mass is 10.0. The number of fused-ring (bicyclic) bond motifs is 1. The molecule has 104 valence electrons. The Balaban J connectivity index is 2.19. The predicted molar refractivity (Wildman–Crippen MR) is 78.1 cm³/mol. The van der Waals surface area contributed by atoms with Crippen LogP contribution in [0.1, 0.15) is 25.8 Å². The van der Waals surface area contributed by atoms with E-state index >= 15 is 0 Å². The molecule has 0 fully saturated rings. The van der Waals surface area contributed by atoms with Crippen LogP contribution in [-0.4, -0.2) is 36.0 Å². The average molecular weight is 261 g/mol. The maximum absolute atomic E-state index is 12.4. The first-order valence-corrected chi connectivity index (χ1v) is 6.98. The maximum Gasteiger partial charge on any atom is 0.241 e. The molecule has 1 unspecified atom stereocenters. The standard InChI is InChI=1S/C15H23N3O/c1-11(2)18(10-9-16)14-8-7-12-5-3-4-6-13(12)17-15(14)19/h3-6,11,14H,7-10,16H2,1-2H3,(H,17,19). The first-order valence-electron chi connectivity index (χ1n) is 6.98. The van der Waals surface area contributed by atoms with Crippen LogP contribution in [-0.2, 0) is 11.2 Å². The van der Waals surface area contributed by atoms with Gasteiger partial charge in [0.2, 0.25) is 5.91 Å². The molecule has 1 aromatic rings. The number of hydrogen-bond acceptors (Lipinski definition) is 3. The van der Waals surface area contributed by atoms with Crippen molar-refractivity contribution in [1.29, 1.82) is 0 Å². The average Bonchev–Trinajstić information content (AvgIpc) is 2.54. The highest BCUT2D eigenvalue weighted by molar-refractivity contribution is 5.96. The molecule has 1 aliphatic heterocycles. The summed E-state index contributed by atoms with van der Waals surface area (Å²) in [5.74, 6) is 0.0899. The van der Waals surface area contributed by atoms with Crippen LogP contribution < -0.4 is 11.1 Å². The van der Waals surface area contributed by atoms with E-state index in [0.29, 0.717) is 12.6 Å². The van der Waals surface area contributed by atoms with Crippen molar-refractivity contribution < 1.29 is 4.79 Å². The largest absolute Gasteiger partial charge is 0.329 e. The fourth-order valence-corrected chi connectivity index (χ4v) is 2.74. The second kappa shape index (κ2) is 6.17. The summed E-state index contributed by atoms with van der Waals surface area (Å²) in [5, 5.41) is 3.04. The van der Waals surface area contributed by atoms with Crippen LogP contribution in [0.2, 0.25) is 0 Å². The van der Waals surface area contributed by atoms with Gasteiger partial charge < -0.3 is 11.1 Å². The van der Waals surface area contributed by atoms with Crippen molar-refractivity contribution >= 4 is 11.6 Å². The Kier molecular flexibility index (Phi) is 4.56. The molecule has 19 heavy (non-hydrogen) atoms. The summed E-state index contributed by atoms with van der Waals surface area (Å²) < 4.78 is 0. The van der Waals surface area contributed by atoms with Crippen LogP contribution in [0, 0.1) is 0 Å². The van der Waals surface area contributed by atoms with Crippen molar-refractivity contribution in [3.05, 3.63) is 29.8 Å². The fraction of sp³-hybridized carbons (Fsp3) is 0.533. The zero-order chi connectivity index (χ0) is 13.8. The second-order valence-corrected chi connectivity index (χ2v) is 5.32. The van der Waals surface area contributed by atoms with Gasteiger partial charge in [-0.1, -0.05) is 18.2 Å². The number of carbonyl (C=O) groups is 1. The van der Waals surface area contributed by atoms with Crippen LogP contribution in [0.5, 0.6) is 0 Å². The molecule has 0 radical (unpaired) electrons. The Labute approximate surface area is 115 Å². The number of anilines is 1. The highest BCUT2D eigenvalue weighted by Crippen LogP contribution is 2.24. The molecular formula is C15H23N3O. The summed E-state index contributed by atoms with van der Waals surface area (Å²) in [6, 6.07) is 8.26. The van der Waals surface area contributed by atoms with Crippen molar-refractivity contribution in [2.45, 2.75) is 38.8 Å². The van der Waals surface area contributed by atoms with Gasteiger partial charge in [-0.15, -0.1) is 0 Å². The SMILES string of the molecule is CC(C)N(CCN)C1CCc2ccccc2NC1=O. The van der Waals surface area contributed by atoms with E-state index in [4.69, 9.17) is 5.73 Å². The Bertz CT molecular complexity index is 445. The third-order valence-electron chi connectivity index (χ3n) is 3.72. The second-order valence-electron chi connectivity index (χ2n) is 5.32. The van der Waals surface area contributed by atoms with Crippen molar-refractivity contribution in [2.24, 2.45) is 5.73 Å². The number of para-hydroxylation sites is 1. The lowest BCUT2D eigenvalue weighted by molar-refractivity contribution is -0.122. The highest BCUT2D eigenvalue weighted by Gasteiger charge is 2.29. The van der Waals surface area contributed by atoms with E-state index in [1.54, 1.807) is 0 Å². The molecule has 1 aromatic carbocycles. The Morgan fingerprint density at radius 2 is 2.16 bits per heavy atom. The molecule has 2 rings (SSSR count). The predicted octanol–water partition coefficient (Wildman–Crippen LogP) is 1.61. The van der Waals surface area contributed by atoms with Gasteiger partial charge in [-0.25, -0.2) is 0 Å². The summed E-state index contributed by atoms with van der Waals surface area (Å²) in [6.07, 6.45) is 1.77. The van der Waals surface area contributed by atoms with E-state index in [-0.39, 0.29) is 11.9 Å². The molecule has 0 saturated carbocycles. The number of amides is 1. The molecule has 0 bridgehead atoms. The number of carbonyl (C=O) groups excluding carboxylic acids is 1. The number of aryl methyl sites for hydroxylation is 1. The highest BCUT2D eigenvalue weighted by atomic mass is 16.2. The molecule has 1 heterocycles. The van der Waals surface area contributed by atoms with Crippen LogP contribution >= 0.6 is 0 Å². The lowest BCUT2D eigenvalue weighted by Gasteiger charge is -2.32. The minimum absolute atomic E-state index is 0.0871. The molecule has 1 atom stereocenters. The van der Waals surface area contributed by atoms with Gasteiger partial charge >= 0.3 is 0 Å². The number of benzene rings is 1. The molecule has 0 spiro atoms. The summed E-state index contributed by atoms with van der Waals surface area (Å²) in [4.78, 5) is 14.6. The van der Waals surface area contributed by atoms with Gasteiger partial charge in [-0.3, -0.25) is 9.69 Å². The van der Waals surface area contributed by atoms with Crippen LogP contribution in [0.4, 0.5) is 5.69 Å². The topological polar surface area (TPSA) is 58.4 Å². The lowest BCUT2D eigenvalue weighted by Crippen LogP contribution is -2.49. The van der Waals surface area contributed by atoms with E-state index < -0.39 is 0 Å². The Hall–Kier alpha value is -1.39.